The second kappa shape index (κ2) is 7.26. The third-order valence-electron chi connectivity index (χ3n) is 4.16. The fraction of sp³-hybridized carbons (Fsp3) is 0.600. The van der Waals surface area contributed by atoms with E-state index in [1.54, 1.807) is 6.92 Å². The van der Waals surface area contributed by atoms with Gasteiger partial charge in [-0.15, -0.1) is 0 Å². The van der Waals surface area contributed by atoms with Gasteiger partial charge in [-0.25, -0.2) is 4.79 Å². The lowest BCUT2D eigenvalue weighted by Gasteiger charge is -2.32. The van der Waals surface area contributed by atoms with Crippen molar-refractivity contribution < 1.29 is 19.2 Å². The Morgan fingerprint density at radius 1 is 1.26 bits per heavy atom. The third kappa shape index (κ3) is 3.69. The molecule has 8 nitrogen and oxygen atoms in total. The van der Waals surface area contributed by atoms with E-state index in [0.29, 0.717) is 18.5 Å². The number of nitrogens with one attached hydrogen (secondary N) is 2. The van der Waals surface area contributed by atoms with Gasteiger partial charge in [0.05, 0.1) is 0 Å². The van der Waals surface area contributed by atoms with Crippen molar-refractivity contribution in [3.05, 3.63) is 11.6 Å². The van der Waals surface area contributed by atoms with Gasteiger partial charge in [-0.1, -0.05) is 6.08 Å². The Balaban J connectivity index is 2.07. The van der Waals surface area contributed by atoms with Crippen molar-refractivity contribution in [1.29, 1.82) is 0 Å². The second-order valence-corrected chi connectivity index (χ2v) is 5.61. The number of rotatable bonds is 4. The van der Waals surface area contributed by atoms with Gasteiger partial charge in [0.25, 0.3) is 5.91 Å². The summed E-state index contributed by atoms with van der Waals surface area (Å²) in [5, 5.41) is 2.43. The molecule has 0 aromatic heterocycles. The van der Waals surface area contributed by atoms with Crippen molar-refractivity contribution in [3.63, 3.8) is 0 Å². The Morgan fingerprint density at radius 3 is 2.57 bits per heavy atom. The highest BCUT2D eigenvalue weighted by molar-refractivity contribution is 6.38. The maximum Gasteiger partial charge on any atom is 0.325 e. The second-order valence-electron chi connectivity index (χ2n) is 5.61. The van der Waals surface area contributed by atoms with Gasteiger partial charge >= 0.3 is 17.8 Å². The fourth-order valence-corrected chi connectivity index (χ4v) is 2.82. The van der Waals surface area contributed by atoms with Crippen LogP contribution in [-0.4, -0.2) is 59.2 Å². The maximum absolute atomic E-state index is 12.3. The molecule has 1 aliphatic heterocycles. The summed E-state index contributed by atoms with van der Waals surface area (Å²) in [4.78, 5) is 49.8. The predicted molar refractivity (Wildman–Crippen MR) is 80.9 cm³/mol. The maximum atomic E-state index is 12.3. The molecule has 2 aliphatic rings. The molecule has 2 N–H and O–H groups in total. The number of piperazine rings is 1. The van der Waals surface area contributed by atoms with E-state index in [1.165, 1.54) is 4.90 Å². The SMILES string of the molecule is CCN1CCN(C(=O)NC(C([NH])=O)C2=CCCCC2)C(=O)C1=O. The summed E-state index contributed by atoms with van der Waals surface area (Å²) in [6.07, 6.45) is 5.23. The van der Waals surface area contributed by atoms with Gasteiger partial charge < -0.3 is 10.2 Å². The van der Waals surface area contributed by atoms with Crippen molar-refractivity contribution in [3.8, 4) is 0 Å². The van der Waals surface area contributed by atoms with Crippen LogP contribution in [0.1, 0.15) is 32.6 Å². The fourth-order valence-electron chi connectivity index (χ4n) is 2.82. The van der Waals surface area contributed by atoms with Crippen LogP contribution < -0.4 is 11.1 Å². The van der Waals surface area contributed by atoms with Crippen molar-refractivity contribution in [2.45, 2.75) is 38.6 Å². The average molecular weight is 321 g/mol. The standard InChI is InChI=1S/C15H21N4O4/c1-2-18-8-9-19(14(22)13(18)21)15(23)17-11(12(16)20)10-6-4-3-5-7-10/h6,11,16H,2-5,7-9H2,1H3,(H,17,23). The number of imide groups is 1. The van der Waals surface area contributed by atoms with Gasteiger partial charge in [0.1, 0.15) is 6.04 Å². The van der Waals surface area contributed by atoms with Crippen molar-refractivity contribution in [2.24, 2.45) is 0 Å². The summed E-state index contributed by atoms with van der Waals surface area (Å²) in [6.45, 7) is 2.52. The number of hydrogen-bond acceptors (Lipinski definition) is 4. The lowest BCUT2D eigenvalue weighted by atomic mass is 9.93. The number of amides is 5. The highest BCUT2D eigenvalue weighted by Gasteiger charge is 2.37. The van der Waals surface area contributed by atoms with Gasteiger partial charge in [0.2, 0.25) is 0 Å². The van der Waals surface area contributed by atoms with Crippen LogP contribution in [0.4, 0.5) is 4.79 Å². The third-order valence-corrected chi connectivity index (χ3v) is 4.16. The summed E-state index contributed by atoms with van der Waals surface area (Å²) in [7, 11) is 0. The summed E-state index contributed by atoms with van der Waals surface area (Å²) in [5.41, 5.74) is 8.06. The summed E-state index contributed by atoms with van der Waals surface area (Å²) in [6, 6.07) is -1.84. The predicted octanol–water partition coefficient (Wildman–Crippen LogP) is 0.0652. The monoisotopic (exact) mass is 321 g/mol. The molecule has 1 aliphatic carbocycles. The number of nitrogens with zero attached hydrogens (tertiary/aromatic N) is 2. The number of likely N-dealkylation sites (N-methyl/N-ethyl adjacent to an activating group) is 1. The smallest absolute Gasteiger partial charge is 0.325 e. The largest absolute Gasteiger partial charge is 0.333 e. The van der Waals surface area contributed by atoms with Crippen LogP contribution in [0.5, 0.6) is 0 Å². The Labute approximate surface area is 134 Å². The topological polar surface area (TPSA) is 111 Å². The number of carbonyl (C=O) groups excluding carboxylic acids is 4. The van der Waals surface area contributed by atoms with E-state index in [1.807, 2.05) is 6.08 Å². The number of carbonyl (C=O) groups is 4. The van der Waals surface area contributed by atoms with Crippen molar-refractivity contribution >= 4 is 23.8 Å². The lowest BCUT2D eigenvalue weighted by molar-refractivity contribution is -0.153. The minimum absolute atomic E-state index is 0.0855. The molecular weight excluding hydrogens is 300 g/mol. The first-order chi connectivity index (χ1) is 11.0. The molecular formula is C15H21N4O4. The minimum Gasteiger partial charge on any atom is -0.333 e. The van der Waals surface area contributed by atoms with Crippen molar-refractivity contribution in [2.75, 3.05) is 19.6 Å². The Bertz CT molecular complexity index is 558. The van der Waals surface area contributed by atoms with Gasteiger partial charge in [-0.2, -0.15) is 0 Å². The molecule has 0 bridgehead atoms. The summed E-state index contributed by atoms with van der Waals surface area (Å²) >= 11 is 0. The van der Waals surface area contributed by atoms with Crippen LogP contribution in [0.25, 0.3) is 0 Å². The molecule has 1 radical (unpaired) electrons. The van der Waals surface area contributed by atoms with Gasteiger partial charge in [-0.05, 0) is 38.2 Å². The first-order valence-corrected chi connectivity index (χ1v) is 7.81. The molecule has 0 spiro atoms. The van der Waals surface area contributed by atoms with Crippen molar-refractivity contribution in [1.82, 2.24) is 20.9 Å². The normalized spacial score (nSPS) is 20.1. The molecule has 0 saturated carbocycles. The number of allylic oxidation sites excluding steroid dienone is 1. The molecule has 1 fully saturated rings. The molecule has 0 aromatic carbocycles. The number of urea groups is 1. The molecule has 125 valence electrons. The molecule has 1 atom stereocenters. The van der Waals surface area contributed by atoms with E-state index in [-0.39, 0.29) is 13.1 Å². The van der Waals surface area contributed by atoms with E-state index in [9.17, 15) is 19.2 Å². The average Bonchev–Trinajstić information content (AvgIpc) is 2.55. The Hall–Kier alpha value is -2.38. The Kier molecular flexibility index (Phi) is 5.36. The highest BCUT2D eigenvalue weighted by atomic mass is 16.2. The quantitative estimate of drug-likeness (QED) is 0.583. The van der Waals surface area contributed by atoms with E-state index in [2.05, 4.69) is 5.32 Å². The van der Waals surface area contributed by atoms with Crippen LogP contribution in [0.15, 0.2) is 11.6 Å². The molecule has 1 saturated heterocycles. The molecule has 5 amide bonds. The van der Waals surface area contributed by atoms with Gasteiger partial charge in [0, 0.05) is 19.6 Å². The van der Waals surface area contributed by atoms with E-state index >= 15 is 0 Å². The molecule has 1 unspecified atom stereocenters. The van der Waals surface area contributed by atoms with Crippen LogP contribution in [0, 0.1) is 0 Å². The van der Waals surface area contributed by atoms with Crippen LogP contribution in [-0.2, 0) is 14.4 Å². The van der Waals surface area contributed by atoms with Gasteiger partial charge in [0.15, 0.2) is 0 Å². The van der Waals surface area contributed by atoms with E-state index < -0.39 is 29.8 Å². The zero-order valence-electron chi connectivity index (χ0n) is 13.1. The van der Waals surface area contributed by atoms with Crippen LogP contribution in [0.3, 0.4) is 0 Å². The zero-order valence-corrected chi connectivity index (χ0v) is 13.1. The zero-order chi connectivity index (χ0) is 17.0. The Morgan fingerprint density at radius 2 is 2.00 bits per heavy atom. The lowest BCUT2D eigenvalue weighted by Crippen LogP contribution is -2.60. The first-order valence-electron chi connectivity index (χ1n) is 7.81. The number of hydrogen-bond donors (Lipinski definition) is 1. The highest BCUT2D eigenvalue weighted by Crippen LogP contribution is 2.20. The van der Waals surface area contributed by atoms with Crippen LogP contribution in [0.2, 0.25) is 0 Å². The molecule has 0 aromatic rings. The van der Waals surface area contributed by atoms with E-state index in [4.69, 9.17) is 5.73 Å². The van der Waals surface area contributed by atoms with E-state index in [0.717, 1.165) is 24.2 Å². The molecule has 2 rings (SSSR count). The van der Waals surface area contributed by atoms with Crippen LogP contribution >= 0.6 is 0 Å². The molecule has 23 heavy (non-hydrogen) atoms. The molecule has 1 heterocycles. The first kappa shape index (κ1) is 17.0. The summed E-state index contributed by atoms with van der Waals surface area (Å²) < 4.78 is 0. The molecule has 8 heteroatoms. The summed E-state index contributed by atoms with van der Waals surface area (Å²) in [5.74, 6) is -2.54. The van der Waals surface area contributed by atoms with Gasteiger partial charge in [-0.3, -0.25) is 25.0 Å². The minimum atomic E-state index is -1.05.